The Morgan fingerprint density at radius 3 is 2.53 bits per heavy atom. The molecule has 1 heterocycles. The lowest BCUT2D eigenvalue weighted by Crippen LogP contribution is -2.11. The average molecular weight is 206 g/mol. The molecule has 0 spiro atoms. The van der Waals surface area contributed by atoms with Crippen molar-refractivity contribution in [2.75, 3.05) is 0 Å². The Morgan fingerprint density at radius 2 is 1.87 bits per heavy atom. The number of rotatable bonds is 3. The van der Waals surface area contributed by atoms with E-state index >= 15 is 0 Å². The van der Waals surface area contributed by atoms with E-state index in [4.69, 9.17) is 0 Å². The van der Waals surface area contributed by atoms with Crippen molar-refractivity contribution in [1.29, 1.82) is 0 Å². The van der Waals surface area contributed by atoms with E-state index in [1.807, 2.05) is 0 Å². The van der Waals surface area contributed by atoms with Crippen LogP contribution in [-0.4, -0.2) is 15.1 Å². The van der Waals surface area contributed by atoms with Crippen molar-refractivity contribution < 1.29 is 5.11 Å². The van der Waals surface area contributed by atoms with Gasteiger partial charge in [0.25, 0.3) is 0 Å². The molecule has 0 aromatic carbocycles. The number of aromatic nitrogens is 2. The number of nitrogens with zero attached hydrogens (tertiary/aromatic N) is 2. The van der Waals surface area contributed by atoms with Crippen molar-refractivity contribution in [2.45, 2.75) is 44.6 Å². The predicted molar refractivity (Wildman–Crippen MR) is 58.2 cm³/mol. The van der Waals surface area contributed by atoms with Gasteiger partial charge >= 0.3 is 0 Å². The SMILES string of the molecule is OC(CC1CCCCC1)c1cncnc1. The Bertz CT molecular complexity index is 283. The molecule has 0 amide bonds. The molecule has 82 valence electrons. The number of aliphatic hydroxyl groups excluding tert-OH is 1. The summed E-state index contributed by atoms with van der Waals surface area (Å²) in [4.78, 5) is 7.86. The molecular formula is C12H18N2O. The molecule has 0 bridgehead atoms. The molecule has 2 rings (SSSR count). The summed E-state index contributed by atoms with van der Waals surface area (Å²) in [6.45, 7) is 0. The summed E-state index contributed by atoms with van der Waals surface area (Å²) in [6.07, 6.45) is 11.9. The molecule has 1 fully saturated rings. The summed E-state index contributed by atoms with van der Waals surface area (Å²) in [6, 6.07) is 0. The maximum atomic E-state index is 9.99. The van der Waals surface area contributed by atoms with Crippen molar-refractivity contribution >= 4 is 0 Å². The highest BCUT2D eigenvalue weighted by molar-refractivity contribution is 5.06. The highest BCUT2D eigenvalue weighted by atomic mass is 16.3. The van der Waals surface area contributed by atoms with Gasteiger partial charge in [0, 0.05) is 18.0 Å². The summed E-state index contributed by atoms with van der Waals surface area (Å²) >= 11 is 0. The third-order valence-corrected chi connectivity index (χ3v) is 3.25. The van der Waals surface area contributed by atoms with Gasteiger partial charge in [0.05, 0.1) is 6.10 Å². The van der Waals surface area contributed by atoms with Gasteiger partial charge in [-0.15, -0.1) is 0 Å². The summed E-state index contributed by atoms with van der Waals surface area (Å²) in [5.74, 6) is 0.689. The molecule has 3 nitrogen and oxygen atoms in total. The van der Waals surface area contributed by atoms with Gasteiger partial charge in [0.2, 0.25) is 0 Å². The quantitative estimate of drug-likeness (QED) is 0.826. The zero-order valence-electron chi connectivity index (χ0n) is 8.97. The molecule has 1 N–H and O–H groups in total. The Balaban J connectivity index is 1.88. The minimum atomic E-state index is -0.380. The van der Waals surface area contributed by atoms with E-state index in [1.54, 1.807) is 12.4 Å². The van der Waals surface area contributed by atoms with Crippen LogP contribution in [0, 0.1) is 5.92 Å². The van der Waals surface area contributed by atoms with Gasteiger partial charge in [-0.2, -0.15) is 0 Å². The first kappa shape index (κ1) is 10.6. The number of aliphatic hydroxyl groups is 1. The molecule has 1 aromatic rings. The molecule has 3 heteroatoms. The van der Waals surface area contributed by atoms with E-state index in [9.17, 15) is 5.11 Å². The Morgan fingerprint density at radius 1 is 1.20 bits per heavy atom. The summed E-state index contributed by atoms with van der Waals surface area (Å²) in [5, 5.41) is 9.99. The van der Waals surface area contributed by atoms with Gasteiger partial charge in [-0.25, -0.2) is 9.97 Å². The number of hydrogen-bond acceptors (Lipinski definition) is 3. The molecule has 1 atom stereocenters. The van der Waals surface area contributed by atoms with Crippen LogP contribution in [0.25, 0.3) is 0 Å². The van der Waals surface area contributed by atoms with E-state index in [0.29, 0.717) is 5.92 Å². The normalized spacial score (nSPS) is 20.1. The van der Waals surface area contributed by atoms with E-state index in [0.717, 1.165) is 12.0 Å². The Hall–Kier alpha value is -0.960. The molecule has 0 saturated heterocycles. The Labute approximate surface area is 90.6 Å². The second-order valence-corrected chi connectivity index (χ2v) is 4.43. The van der Waals surface area contributed by atoms with Crippen LogP contribution in [0.5, 0.6) is 0 Å². The fourth-order valence-corrected chi connectivity index (χ4v) is 2.36. The molecule has 1 saturated carbocycles. The maximum Gasteiger partial charge on any atom is 0.115 e. The predicted octanol–water partition coefficient (Wildman–Crippen LogP) is 2.48. The first-order valence-electron chi connectivity index (χ1n) is 5.79. The van der Waals surface area contributed by atoms with Gasteiger partial charge in [0.1, 0.15) is 6.33 Å². The second-order valence-electron chi connectivity index (χ2n) is 4.43. The van der Waals surface area contributed by atoms with Gasteiger partial charge in [0.15, 0.2) is 0 Å². The van der Waals surface area contributed by atoms with Crippen LogP contribution in [-0.2, 0) is 0 Å². The van der Waals surface area contributed by atoms with Gasteiger partial charge in [-0.3, -0.25) is 0 Å². The van der Waals surface area contributed by atoms with Crippen molar-refractivity contribution in [2.24, 2.45) is 5.92 Å². The molecule has 0 aliphatic heterocycles. The number of hydrogen-bond donors (Lipinski definition) is 1. The topological polar surface area (TPSA) is 46.0 Å². The summed E-state index contributed by atoms with van der Waals surface area (Å²) in [5.41, 5.74) is 0.850. The lowest BCUT2D eigenvalue weighted by molar-refractivity contribution is 0.130. The molecule has 1 unspecified atom stereocenters. The van der Waals surface area contributed by atoms with Crippen LogP contribution in [0.15, 0.2) is 18.7 Å². The van der Waals surface area contributed by atoms with Crippen LogP contribution in [0.1, 0.15) is 50.2 Å². The van der Waals surface area contributed by atoms with Crippen LogP contribution in [0.4, 0.5) is 0 Å². The zero-order chi connectivity index (χ0) is 10.5. The lowest BCUT2D eigenvalue weighted by atomic mass is 9.84. The molecule has 1 aliphatic carbocycles. The van der Waals surface area contributed by atoms with Gasteiger partial charge in [-0.05, 0) is 12.3 Å². The third kappa shape index (κ3) is 2.99. The molecular weight excluding hydrogens is 188 g/mol. The molecule has 15 heavy (non-hydrogen) atoms. The summed E-state index contributed by atoms with van der Waals surface area (Å²) in [7, 11) is 0. The fourth-order valence-electron chi connectivity index (χ4n) is 2.36. The van der Waals surface area contributed by atoms with Crippen LogP contribution >= 0.6 is 0 Å². The second kappa shape index (κ2) is 5.21. The largest absolute Gasteiger partial charge is 0.388 e. The van der Waals surface area contributed by atoms with Gasteiger partial charge < -0.3 is 5.11 Å². The monoisotopic (exact) mass is 206 g/mol. The van der Waals surface area contributed by atoms with Gasteiger partial charge in [-0.1, -0.05) is 32.1 Å². The van der Waals surface area contributed by atoms with E-state index in [-0.39, 0.29) is 6.10 Å². The summed E-state index contributed by atoms with van der Waals surface area (Å²) < 4.78 is 0. The molecule has 1 aromatic heterocycles. The standard InChI is InChI=1S/C12H18N2O/c15-12(11-7-13-9-14-8-11)6-10-4-2-1-3-5-10/h7-10,12,15H,1-6H2. The first-order chi connectivity index (χ1) is 7.36. The van der Waals surface area contributed by atoms with Crippen LogP contribution in [0.3, 0.4) is 0 Å². The Kier molecular flexibility index (Phi) is 3.67. The average Bonchev–Trinajstić information content (AvgIpc) is 2.31. The van der Waals surface area contributed by atoms with Crippen molar-refractivity contribution in [3.05, 3.63) is 24.3 Å². The minimum Gasteiger partial charge on any atom is -0.388 e. The van der Waals surface area contributed by atoms with Crippen molar-refractivity contribution in [3.63, 3.8) is 0 Å². The maximum absolute atomic E-state index is 9.99. The van der Waals surface area contributed by atoms with Crippen molar-refractivity contribution in [3.8, 4) is 0 Å². The van der Waals surface area contributed by atoms with Crippen LogP contribution < -0.4 is 0 Å². The van der Waals surface area contributed by atoms with E-state index < -0.39 is 0 Å². The van der Waals surface area contributed by atoms with Crippen LogP contribution in [0.2, 0.25) is 0 Å². The lowest BCUT2D eigenvalue weighted by Gasteiger charge is -2.23. The molecule has 0 radical (unpaired) electrons. The van der Waals surface area contributed by atoms with E-state index in [1.165, 1.54) is 38.4 Å². The smallest absolute Gasteiger partial charge is 0.115 e. The zero-order valence-corrected chi connectivity index (χ0v) is 8.97. The highest BCUT2D eigenvalue weighted by Gasteiger charge is 2.18. The van der Waals surface area contributed by atoms with E-state index in [2.05, 4.69) is 9.97 Å². The third-order valence-electron chi connectivity index (χ3n) is 3.25. The highest BCUT2D eigenvalue weighted by Crippen LogP contribution is 2.31. The van der Waals surface area contributed by atoms with Crippen molar-refractivity contribution in [1.82, 2.24) is 9.97 Å². The fraction of sp³-hybridized carbons (Fsp3) is 0.667. The minimum absolute atomic E-state index is 0.380. The first-order valence-corrected chi connectivity index (χ1v) is 5.79. The molecule has 1 aliphatic rings.